The van der Waals surface area contributed by atoms with Gasteiger partial charge in [-0.3, -0.25) is 13.8 Å². The number of aliphatic hydroxyl groups excluding tert-OH is 3. The molecule has 0 spiro atoms. The Morgan fingerprint density at radius 2 is 1.37 bits per heavy atom. The number of thiophene rings is 2. The van der Waals surface area contributed by atoms with Crippen LogP contribution in [0, 0.1) is 53.3 Å². The monoisotopic (exact) mass is 1090 g/mol. The summed E-state index contributed by atoms with van der Waals surface area (Å²) in [4.78, 5) is 44.3. The number of anilines is 2. The Balaban J connectivity index is 0.000000209. The van der Waals surface area contributed by atoms with Gasteiger partial charge in [0, 0.05) is 60.0 Å². The third kappa shape index (κ3) is 14.7. The lowest BCUT2D eigenvalue weighted by Gasteiger charge is -2.38. The zero-order valence-corrected chi connectivity index (χ0v) is 45.4. The number of aliphatic hydroxyl groups is 3. The number of hydrogen-bond acceptors (Lipinski definition) is 17. The minimum absolute atomic E-state index is 0.0162. The van der Waals surface area contributed by atoms with E-state index >= 15 is 0 Å². The van der Waals surface area contributed by atoms with E-state index in [1.165, 1.54) is 36.3 Å². The summed E-state index contributed by atoms with van der Waals surface area (Å²) in [5.74, 6) is 13.7. The molecule has 8 rings (SSSR count). The molecule has 4 fully saturated rings. The van der Waals surface area contributed by atoms with Crippen molar-refractivity contribution in [1.29, 1.82) is 0 Å². The number of rotatable bonds is 16. The first-order valence-electron chi connectivity index (χ1n) is 23.6. The van der Waals surface area contributed by atoms with E-state index in [0.717, 1.165) is 55.4 Å². The van der Waals surface area contributed by atoms with Gasteiger partial charge in [0.25, 0.3) is 0 Å². The van der Waals surface area contributed by atoms with E-state index in [0.29, 0.717) is 61.6 Å². The van der Waals surface area contributed by atoms with Crippen LogP contribution in [0.4, 0.5) is 11.6 Å². The van der Waals surface area contributed by atoms with E-state index in [4.69, 9.17) is 32.8 Å². The molecule has 4 aliphatic carbocycles. The summed E-state index contributed by atoms with van der Waals surface area (Å²) in [6.45, 7) is 13.1. The average Bonchev–Trinajstić information content (AvgIpc) is 4.18. The fourth-order valence-electron chi connectivity index (χ4n) is 8.08. The molecule has 8 atom stereocenters. The van der Waals surface area contributed by atoms with Gasteiger partial charge >= 0.3 is 10.3 Å². The number of nitrogens with two attached hydrogens (primary N) is 1. The van der Waals surface area contributed by atoms with Crippen molar-refractivity contribution in [2.45, 2.75) is 128 Å². The number of halogens is 2. The number of ketones is 2. The van der Waals surface area contributed by atoms with E-state index in [2.05, 4.69) is 99.2 Å². The maximum atomic E-state index is 13.7. The van der Waals surface area contributed by atoms with E-state index in [1.807, 2.05) is 6.07 Å². The highest BCUT2D eigenvalue weighted by atomic mass is 35.5. The van der Waals surface area contributed by atoms with Crippen LogP contribution < -0.4 is 15.8 Å². The van der Waals surface area contributed by atoms with E-state index in [9.17, 15) is 33.3 Å². The van der Waals surface area contributed by atoms with Crippen molar-refractivity contribution >= 4 is 87.7 Å². The Morgan fingerprint density at radius 1 is 0.859 bits per heavy atom. The van der Waals surface area contributed by atoms with Crippen LogP contribution in [0.15, 0.2) is 37.2 Å². The molecule has 0 aromatic carbocycles. The number of aromatic nitrogens is 4. The molecule has 7 N–H and O–H groups in total. The van der Waals surface area contributed by atoms with Crippen LogP contribution in [0.25, 0.3) is 0 Å². The number of hydrogen-bond donors (Lipinski definition) is 6. The van der Waals surface area contributed by atoms with E-state index in [-0.39, 0.29) is 63.5 Å². The molecule has 22 heteroatoms. The van der Waals surface area contributed by atoms with Crippen LogP contribution in [-0.2, 0) is 18.9 Å². The van der Waals surface area contributed by atoms with E-state index < -0.39 is 42.9 Å². The van der Waals surface area contributed by atoms with Crippen molar-refractivity contribution in [3.63, 3.8) is 0 Å². The van der Waals surface area contributed by atoms with Crippen molar-refractivity contribution in [2.75, 3.05) is 23.8 Å². The van der Waals surface area contributed by atoms with Crippen molar-refractivity contribution < 1.29 is 41.9 Å². The molecule has 4 aromatic heterocycles. The molecule has 0 amide bonds. The van der Waals surface area contributed by atoms with Crippen LogP contribution in [0.2, 0.25) is 26.8 Å². The van der Waals surface area contributed by atoms with Crippen LogP contribution in [0.3, 0.4) is 0 Å². The van der Waals surface area contributed by atoms with Gasteiger partial charge in [-0.25, -0.2) is 25.1 Å². The quantitative estimate of drug-likeness (QED) is 0.0350. The molecule has 4 saturated carbocycles. The lowest BCUT2D eigenvalue weighted by atomic mass is 10.00. The SMILES string of the molecule is C[C@H]1C[C@H](Nc2ncncc2C(=O)c2cc(C(C#CC3CC3)O[Si](C)(C)C(C)(C)C)c(Cl)s2)C[C@@H]1CO.NS(=O)(=O)OC[C@H]1C[C@@H](Nc2ncncc2C(=O)c2cc(C(O)C#CC3CC3)c(Cl)s2)C[C@@H]1O. The summed E-state index contributed by atoms with van der Waals surface area (Å²) in [6.07, 6.45) is 10.1. The largest absolute Gasteiger partial charge is 0.399 e. The molecule has 0 radical (unpaired) electrons. The minimum Gasteiger partial charge on any atom is -0.399 e. The highest BCUT2D eigenvalue weighted by Gasteiger charge is 2.41. The maximum absolute atomic E-state index is 13.7. The first-order valence-corrected chi connectivity index (χ1v) is 30.4. The normalized spacial score (nSPS) is 23.0. The van der Waals surface area contributed by atoms with Gasteiger partial charge in [-0.15, -0.1) is 22.7 Å². The highest BCUT2D eigenvalue weighted by Crippen LogP contribution is 2.44. The number of nitrogens with zero attached hydrogens (tertiary/aromatic N) is 4. The maximum Gasteiger partial charge on any atom is 0.333 e. The second-order valence-corrected chi connectivity index (χ2v) is 29.6. The number of carbonyl (C=O) groups is 2. The second kappa shape index (κ2) is 23.1. The standard InChI is InChI=1S/C28H38ClN3O3SSi.C21H23ClN4O6S2/c1-17-11-20(12-19(17)15-33)32-27-22(14-30-16-31-27)25(34)24-13-21(26(29)36-24)23(10-9-18-7-8-18)35-37(5,6)28(2,3)4;22-20-14(16(27)4-3-11-1-2-11)7-18(33-20)19(29)15-8-24-10-25-21(15)26-13-5-12(17(28)6-13)9-32-34(23,30)31/h13-14,16-20,23,33H,7-8,11-12,15H2,1-6H3,(H,30,31,32);7-8,10-13,16-17,27-28H,1-2,5-6,9H2,(H2,23,30,31)(H,24,25,26)/t17-,19+,20-,23?;12-,13-,16?,17+/m01/s1. The summed E-state index contributed by atoms with van der Waals surface area (Å²) >= 11 is 15.3. The number of nitrogens with one attached hydrogen (secondary N) is 2. The zero-order chi connectivity index (χ0) is 51.4. The molecule has 0 bridgehead atoms. The van der Waals surface area contributed by atoms with Crippen molar-refractivity contribution in [3.05, 3.63) is 77.9 Å². The van der Waals surface area contributed by atoms with Gasteiger partial charge in [-0.1, -0.05) is 74.6 Å². The fourth-order valence-corrected chi connectivity index (χ4v) is 12.1. The van der Waals surface area contributed by atoms with Gasteiger partial charge in [0.1, 0.15) is 45.2 Å². The van der Waals surface area contributed by atoms with Gasteiger partial charge in [0.15, 0.2) is 8.32 Å². The van der Waals surface area contributed by atoms with Crippen LogP contribution in [0.1, 0.15) is 133 Å². The van der Waals surface area contributed by atoms with E-state index in [1.54, 1.807) is 6.20 Å². The molecule has 0 aliphatic heterocycles. The average molecular weight is 1090 g/mol. The van der Waals surface area contributed by atoms with Gasteiger partial charge in [-0.05, 0) is 93.5 Å². The van der Waals surface area contributed by atoms with Gasteiger partial charge in [0.05, 0.1) is 33.6 Å². The molecule has 71 heavy (non-hydrogen) atoms. The lowest BCUT2D eigenvalue weighted by Crippen LogP contribution is -2.41. The van der Waals surface area contributed by atoms with Crippen LogP contribution in [0.5, 0.6) is 0 Å². The first-order chi connectivity index (χ1) is 33.5. The number of carbonyl (C=O) groups excluding carboxylic acids is 2. The third-order valence-electron chi connectivity index (χ3n) is 13.6. The Labute approximate surface area is 434 Å². The van der Waals surface area contributed by atoms with Gasteiger partial charge in [0.2, 0.25) is 11.6 Å². The molecule has 4 heterocycles. The third-order valence-corrected chi connectivity index (χ3v) is 21.3. The highest BCUT2D eigenvalue weighted by molar-refractivity contribution is 7.84. The van der Waals surface area contributed by atoms with Gasteiger partial charge in [-0.2, -0.15) is 8.42 Å². The predicted octanol–water partition coefficient (Wildman–Crippen LogP) is 8.36. The lowest BCUT2D eigenvalue weighted by molar-refractivity contribution is 0.100. The summed E-state index contributed by atoms with van der Waals surface area (Å²) in [7, 11) is -6.25. The van der Waals surface area contributed by atoms with Crippen LogP contribution >= 0.6 is 45.9 Å². The fraction of sp³-hybridized carbons (Fsp3) is 0.551. The molecule has 382 valence electrons. The smallest absolute Gasteiger partial charge is 0.333 e. The molecular formula is C49H61Cl2N7O9S3Si. The second-order valence-electron chi connectivity index (χ2n) is 20.3. The molecule has 4 aromatic rings. The Hall–Kier alpha value is -3.87. The molecular weight excluding hydrogens is 1030 g/mol. The summed E-state index contributed by atoms with van der Waals surface area (Å²) < 4.78 is 34.2. The Morgan fingerprint density at radius 3 is 1.87 bits per heavy atom. The molecule has 0 saturated heterocycles. The molecule has 2 unspecified atom stereocenters. The topological polar surface area (TPSA) is 249 Å². The van der Waals surface area contributed by atoms with Crippen LogP contribution in [-0.4, -0.2) is 95.0 Å². The summed E-state index contributed by atoms with van der Waals surface area (Å²) in [5.41, 5.74) is 1.75. The first kappa shape index (κ1) is 54.9. The summed E-state index contributed by atoms with van der Waals surface area (Å²) in [6, 6.07) is 3.23. The summed E-state index contributed by atoms with van der Waals surface area (Å²) in [5, 5.41) is 41.7. The van der Waals surface area contributed by atoms with Gasteiger partial charge < -0.3 is 30.4 Å². The van der Waals surface area contributed by atoms with Crippen molar-refractivity contribution in [1.82, 2.24) is 19.9 Å². The molecule has 16 nitrogen and oxygen atoms in total. The predicted molar refractivity (Wildman–Crippen MR) is 278 cm³/mol. The molecule has 4 aliphatic rings. The van der Waals surface area contributed by atoms with Crippen molar-refractivity contribution in [3.8, 4) is 23.7 Å². The van der Waals surface area contributed by atoms with Crippen molar-refractivity contribution in [2.24, 2.45) is 34.7 Å². The Kier molecular flexibility index (Phi) is 17.9. The Bertz CT molecular complexity index is 2810. The zero-order valence-electron chi connectivity index (χ0n) is 40.4. The minimum atomic E-state index is -4.11.